The Hall–Kier alpha value is -1.20. The Morgan fingerprint density at radius 2 is 2.18 bits per heavy atom. The summed E-state index contributed by atoms with van der Waals surface area (Å²) in [5.74, 6) is 0. The number of nitrogens with one attached hydrogen (secondary N) is 1. The number of rotatable bonds is 2. The zero-order valence-electron chi connectivity index (χ0n) is 5.84. The number of alkyl halides is 1. The van der Waals surface area contributed by atoms with Crippen molar-refractivity contribution in [3.05, 3.63) is 29.8 Å². The highest BCUT2D eigenvalue weighted by molar-refractivity contribution is 6.18. The lowest BCUT2D eigenvalue weighted by Crippen LogP contribution is -1.96. The highest BCUT2D eigenvalue weighted by Crippen LogP contribution is 2.12. The van der Waals surface area contributed by atoms with E-state index in [0.717, 1.165) is 5.69 Å². The summed E-state index contributed by atoms with van der Waals surface area (Å²) in [7, 11) is 0. The average molecular weight is 167 g/mol. The number of nitrogens with zero attached hydrogens (tertiary/aromatic N) is 1. The predicted octanol–water partition coefficient (Wildman–Crippen LogP) is 2.17. The fourth-order valence-electron chi connectivity index (χ4n) is 0.807. The first-order valence-corrected chi connectivity index (χ1v) is 3.71. The van der Waals surface area contributed by atoms with Gasteiger partial charge in [-0.3, -0.25) is 0 Å². The van der Waals surface area contributed by atoms with Crippen molar-refractivity contribution >= 4 is 17.3 Å². The molecule has 1 rings (SSSR count). The smallest absolute Gasteiger partial charge is 0.101 e. The van der Waals surface area contributed by atoms with Crippen LogP contribution in [-0.4, -0.2) is 6.00 Å². The van der Waals surface area contributed by atoms with Gasteiger partial charge in [0.1, 0.15) is 6.07 Å². The van der Waals surface area contributed by atoms with Crippen LogP contribution in [0.15, 0.2) is 24.3 Å². The zero-order chi connectivity index (χ0) is 8.10. The van der Waals surface area contributed by atoms with Crippen LogP contribution in [0.25, 0.3) is 0 Å². The second-order valence-corrected chi connectivity index (χ2v) is 2.24. The van der Waals surface area contributed by atoms with Crippen molar-refractivity contribution in [3.8, 4) is 6.07 Å². The molecular formula is C8H7ClN2. The molecule has 0 aliphatic carbocycles. The van der Waals surface area contributed by atoms with E-state index >= 15 is 0 Å². The number of anilines is 1. The Labute approximate surface area is 70.4 Å². The van der Waals surface area contributed by atoms with E-state index in [2.05, 4.69) is 11.4 Å². The van der Waals surface area contributed by atoms with Crippen molar-refractivity contribution in [2.75, 3.05) is 11.3 Å². The van der Waals surface area contributed by atoms with E-state index in [9.17, 15) is 0 Å². The van der Waals surface area contributed by atoms with Gasteiger partial charge in [-0.1, -0.05) is 12.1 Å². The van der Waals surface area contributed by atoms with Gasteiger partial charge in [0.25, 0.3) is 0 Å². The van der Waals surface area contributed by atoms with Gasteiger partial charge in [-0.25, -0.2) is 0 Å². The van der Waals surface area contributed by atoms with Crippen LogP contribution in [0.3, 0.4) is 0 Å². The highest BCUT2D eigenvalue weighted by Gasteiger charge is 1.96. The molecule has 0 aliphatic heterocycles. The molecule has 0 amide bonds. The van der Waals surface area contributed by atoms with Crippen LogP contribution in [-0.2, 0) is 0 Å². The van der Waals surface area contributed by atoms with Crippen LogP contribution in [0.2, 0.25) is 0 Å². The summed E-state index contributed by atoms with van der Waals surface area (Å²) in [5, 5.41) is 11.5. The Kier molecular flexibility index (Phi) is 2.76. The minimum atomic E-state index is 0.318. The number of nitriles is 1. The molecule has 0 aromatic heterocycles. The van der Waals surface area contributed by atoms with Crippen molar-refractivity contribution in [1.29, 1.82) is 5.26 Å². The molecular weight excluding hydrogens is 160 g/mol. The van der Waals surface area contributed by atoms with E-state index < -0.39 is 0 Å². The molecule has 1 aromatic rings. The van der Waals surface area contributed by atoms with E-state index in [1.54, 1.807) is 6.07 Å². The summed E-state index contributed by atoms with van der Waals surface area (Å²) in [6, 6.07) is 9.62. The lowest BCUT2D eigenvalue weighted by molar-refractivity contribution is 1.41. The second kappa shape index (κ2) is 3.85. The Morgan fingerprint density at radius 1 is 1.45 bits per heavy atom. The maximum Gasteiger partial charge on any atom is 0.101 e. The molecule has 0 radical (unpaired) electrons. The molecule has 0 fully saturated rings. The van der Waals surface area contributed by atoms with Crippen LogP contribution < -0.4 is 5.32 Å². The van der Waals surface area contributed by atoms with Crippen LogP contribution in [0.1, 0.15) is 5.56 Å². The molecule has 2 nitrogen and oxygen atoms in total. The molecule has 0 aliphatic rings. The van der Waals surface area contributed by atoms with E-state index in [0.29, 0.717) is 11.6 Å². The lowest BCUT2D eigenvalue weighted by Gasteiger charge is -2.02. The van der Waals surface area contributed by atoms with Gasteiger partial charge in [0, 0.05) is 0 Å². The van der Waals surface area contributed by atoms with Gasteiger partial charge >= 0.3 is 0 Å². The predicted molar refractivity (Wildman–Crippen MR) is 45.5 cm³/mol. The number of hydrogen-bond donors (Lipinski definition) is 1. The third-order valence-electron chi connectivity index (χ3n) is 1.30. The van der Waals surface area contributed by atoms with E-state index in [-0.39, 0.29) is 0 Å². The summed E-state index contributed by atoms with van der Waals surface area (Å²) in [5.41, 5.74) is 1.40. The molecule has 0 atom stereocenters. The first-order chi connectivity index (χ1) is 5.38. The van der Waals surface area contributed by atoms with Gasteiger partial charge in [-0.15, -0.1) is 11.6 Å². The van der Waals surface area contributed by atoms with Gasteiger partial charge < -0.3 is 5.32 Å². The summed E-state index contributed by atoms with van der Waals surface area (Å²) in [6.07, 6.45) is 0. The Balaban J connectivity index is 2.95. The number of benzene rings is 1. The molecule has 11 heavy (non-hydrogen) atoms. The highest BCUT2D eigenvalue weighted by atomic mass is 35.5. The van der Waals surface area contributed by atoms with E-state index in [1.165, 1.54) is 0 Å². The van der Waals surface area contributed by atoms with Crippen molar-refractivity contribution in [2.45, 2.75) is 0 Å². The molecule has 0 saturated carbocycles. The molecule has 0 saturated heterocycles. The quantitative estimate of drug-likeness (QED) is 0.540. The molecule has 3 heteroatoms. The Bertz CT molecular complexity index is 278. The molecule has 56 valence electrons. The van der Waals surface area contributed by atoms with Crippen molar-refractivity contribution in [3.63, 3.8) is 0 Å². The third-order valence-corrected chi connectivity index (χ3v) is 1.44. The number of hydrogen-bond acceptors (Lipinski definition) is 2. The van der Waals surface area contributed by atoms with Crippen molar-refractivity contribution in [1.82, 2.24) is 0 Å². The fraction of sp³-hybridized carbons (Fsp3) is 0.125. The number of halogens is 1. The molecule has 0 bridgehead atoms. The second-order valence-electron chi connectivity index (χ2n) is 1.97. The van der Waals surface area contributed by atoms with Crippen LogP contribution in [0.5, 0.6) is 0 Å². The third kappa shape index (κ3) is 1.86. The van der Waals surface area contributed by atoms with E-state index in [4.69, 9.17) is 16.9 Å². The van der Waals surface area contributed by atoms with Gasteiger partial charge in [0.05, 0.1) is 17.3 Å². The van der Waals surface area contributed by atoms with Gasteiger partial charge in [-0.2, -0.15) is 5.26 Å². The standard InChI is InChI=1S/C8H7ClN2/c9-6-11-8-4-2-1-3-7(8)5-10/h1-4,11H,6H2. The van der Waals surface area contributed by atoms with Crippen LogP contribution in [0.4, 0.5) is 5.69 Å². The van der Waals surface area contributed by atoms with E-state index in [1.807, 2.05) is 18.2 Å². The monoisotopic (exact) mass is 166 g/mol. The topological polar surface area (TPSA) is 35.8 Å². The zero-order valence-corrected chi connectivity index (χ0v) is 6.60. The van der Waals surface area contributed by atoms with Crippen molar-refractivity contribution < 1.29 is 0 Å². The molecule has 0 unspecified atom stereocenters. The first-order valence-electron chi connectivity index (χ1n) is 3.17. The van der Waals surface area contributed by atoms with Crippen molar-refractivity contribution in [2.24, 2.45) is 0 Å². The first kappa shape index (κ1) is 7.90. The minimum Gasteiger partial charge on any atom is -0.371 e. The normalized spacial score (nSPS) is 8.73. The van der Waals surface area contributed by atoms with Gasteiger partial charge in [-0.05, 0) is 12.1 Å². The summed E-state index contributed by atoms with van der Waals surface area (Å²) in [4.78, 5) is 0. The number of para-hydroxylation sites is 1. The average Bonchev–Trinajstić information content (AvgIpc) is 2.06. The summed E-state index contributed by atoms with van der Waals surface area (Å²) >= 11 is 5.44. The Morgan fingerprint density at radius 3 is 2.82 bits per heavy atom. The minimum absolute atomic E-state index is 0.318. The lowest BCUT2D eigenvalue weighted by atomic mass is 10.2. The largest absolute Gasteiger partial charge is 0.371 e. The summed E-state index contributed by atoms with van der Waals surface area (Å²) in [6.45, 7) is 0. The fourth-order valence-corrected chi connectivity index (χ4v) is 0.951. The van der Waals surface area contributed by atoms with Crippen LogP contribution >= 0.6 is 11.6 Å². The van der Waals surface area contributed by atoms with Gasteiger partial charge in [0.2, 0.25) is 0 Å². The maximum absolute atomic E-state index is 8.61. The molecule has 0 heterocycles. The summed E-state index contributed by atoms with van der Waals surface area (Å²) < 4.78 is 0. The SMILES string of the molecule is N#Cc1ccccc1NCCl. The van der Waals surface area contributed by atoms with Crippen LogP contribution in [0, 0.1) is 11.3 Å². The molecule has 0 spiro atoms. The van der Waals surface area contributed by atoms with Gasteiger partial charge in [0.15, 0.2) is 0 Å². The maximum atomic E-state index is 8.61. The molecule has 1 N–H and O–H groups in total. The molecule has 1 aromatic carbocycles.